The van der Waals surface area contributed by atoms with E-state index in [1.165, 1.54) is 13.8 Å². The topological polar surface area (TPSA) is 37.4 Å². The maximum absolute atomic E-state index is 12.0. The fraction of sp³-hybridized carbons (Fsp3) is 0.455. The van der Waals surface area contributed by atoms with E-state index in [-0.39, 0.29) is 4.90 Å². The summed E-state index contributed by atoms with van der Waals surface area (Å²) in [5.41, 5.74) is 0.950. The SMILES string of the molecule is CN(C)c1ccc(S(=O)(=O)C(C)(C)Cl)cc1. The monoisotopic (exact) mass is 261 g/mol. The van der Waals surface area contributed by atoms with Gasteiger partial charge in [0.15, 0.2) is 9.84 Å². The van der Waals surface area contributed by atoms with Crippen LogP contribution in [0.15, 0.2) is 29.2 Å². The van der Waals surface area contributed by atoms with Crippen LogP contribution in [0, 0.1) is 0 Å². The van der Waals surface area contributed by atoms with Crippen molar-refractivity contribution in [2.75, 3.05) is 19.0 Å². The summed E-state index contributed by atoms with van der Waals surface area (Å²) in [5.74, 6) is 0. The molecule has 0 aliphatic heterocycles. The molecule has 0 amide bonds. The zero-order chi connectivity index (χ0) is 12.6. The number of hydrogen-bond acceptors (Lipinski definition) is 3. The van der Waals surface area contributed by atoms with Crippen molar-refractivity contribution < 1.29 is 8.42 Å². The van der Waals surface area contributed by atoms with Crippen molar-refractivity contribution in [3.05, 3.63) is 24.3 Å². The molecule has 0 saturated heterocycles. The van der Waals surface area contributed by atoms with E-state index in [1.807, 2.05) is 19.0 Å². The molecule has 1 aromatic carbocycles. The van der Waals surface area contributed by atoms with Gasteiger partial charge in [0, 0.05) is 19.8 Å². The highest BCUT2D eigenvalue weighted by molar-refractivity contribution is 7.94. The van der Waals surface area contributed by atoms with Gasteiger partial charge < -0.3 is 4.90 Å². The molecule has 0 atom stereocenters. The van der Waals surface area contributed by atoms with Crippen LogP contribution in [0.2, 0.25) is 0 Å². The Bertz CT molecular complexity index is 458. The maximum Gasteiger partial charge on any atom is 0.197 e. The van der Waals surface area contributed by atoms with Gasteiger partial charge in [-0.3, -0.25) is 0 Å². The number of rotatable bonds is 3. The van der Waals surface area contributed by atoms with E-state index in [0.29, 0.717) is 0 Å². The standard InChI is InChI=1S/C11H16ClNO2S/c1-11(2,12)16(14,15)10-7-5-9(6-8-10)13(3)4/h5-8H,1-4H3. The van der Waals surface area contributed by atoms with Crippen molar-refractivity contribution >= 4 is 27.1 Å². The molecule has 0 aliphatic rings. The molecule has 0 spiro atoms. The molecule has 16 heavy (non-hydrogen) atoms. The molecular weight excluding hydrogens is 246 g/mol. The first-order valence-corrected chi connectivity index (χ1v) is 6.73. The third kappa shape index (κ3) is 2.50. The molecule has 0 radical (unpaired) electrons. The van der Waals surface area contributed by atoms with Gasteiger partial charge in [0.2, 0.25) is 0 Å². The Hall–Kier alpha value is -0.740. The van der Waals surface area contributed by atoms with Crippen molar-refractivity contribution in [2.45, 2.75) is 22.9 Å². The molecular formula is C11H16ClNO2S. The van der Waals surface area contributed by atoms with Gasteiger partial charge in [-0.2, -0.15) is 0 Å². The average molecular weight is 262 g/mol. The highest BCUT2D eigenvalue weighted by atomic mass is 35.5. The summed E-state index contributed by atoms with van der Waals surface area (Å²) in [6, 6.07) is 6.68. The second-order valence-corrected chi connectivity index (χ2v) is 7.92. The molecule has 1 aromatic rings. The number of halogens is 1. The predicted octanol–water partition coefficient (Wildman–Crippen LogP) is 2.50. The van der Waals surface area contributed by atoms with Crippen LogP contribution in [0.1, 0.15) is 13.8 Å². The molecule has 0 aromatic heterocycles. The summed E-state index contributed by atoms with van der Waals surface area (Å²) in [6.45, 7) is 2.95. The summed E-state index contributed by atoms with van der Waals surface area (Å²) in [4.78, 5) is 2.15. The molecule has 3 nitrogen and oxygen atoms in total. The predicted molar refractivity (Wildman–Crippen MR) is 67.9 cm³/mol. The molecule has 90 valence electrons. The van der Waals surface area contributed by atoms with E-state index in [4.69, 9.17) is 11.6 Å². The minimum Gasteiger partial charge on any atom is -0.378 e. The van der Waals surface area contributed by atoms with Gasteiger partial charge >= 0.3 is 0 Å². The smallest absolute Gasteiger partial charge is 0.197 e. The summed E-state index contributed by atoms with van der Waals surface area (Å²) in [5, 5.41) is 0. The van der Waals surface area contributed by atoms with E-state index in [9.17, 15) is 8.42 Å². The lowest BCUT2D eigenvalue weighted by Crippen LogP contribution is -2.25. The summed E-state index contributed by atoms with van der Waals surface area (Å²) >= 11 is 5.86. The zero-order valence-corrected chi connectivity index (χ0v) is 11.4. The van der Waals surface area contributed by atoms with E-state index >= 15 is 0 Å². The third-order valence-corrected chi connectivity index (χ3v) is 5.08. The Kier molecular flexibility index (Phi) is 3.55. The lowest BCUT2D eigenvalue weighted by molar-refractivity contribution is 0.581. The van der Waals surface area contributed by atoms with Crippen molar-refractivity contribution in [2.24, 2.45) is 0 Å². The minimum absolute atomic E-state index is 0.248. The molecule has 0 unspecified atom stereocenters. The van der Waals surface area contributed by atoms with Gasteiger partial charge in [0.25, 0.3) is 0 Å². The second-order valence-electron chi connectivity index (χ2n) is 4.26. The van der Waals surface area contributed by atoms with Gasteiger partial charge in [0.05, 0.1) is 4.90 Å². The van der Waals surface area contributed by atoms with Gasteiger partial charge in [0.1, 0.15) is 4.21 Å². The summed E-state index contributed by atoms with van der Waals surface area (Å²) in [6.07, 6.45) is 0. The molecule has 0 heterocycles. The normalized spacial score (nSPS) is 12.6. The maximum atomic E-state index is 12.0. The summed E-state index contributed by atoms with van der Waals surface area (Å²) < 4.78 is 22.7. The van der Waals surface area contributed by atoms with Gasteiger partial charge in [-0.15, -0.1) is 11.6 Å². The van der Waals surface area contributed by atoms with Crippen LogP contribution in [0.3, 0.4) is 0 Å². The second kappa shape index (κ2) is 4.26. The highest BCUT2D eigenvalue weighted by Crippen LogP contribution is 2.29. The number of anilines is 1. The van der Waals surface area contributed by atoms with Crippen LogP contribution in [0.4, 0.5) is 5.69 Å². The average Bonchev–Trinajstić information content (AvgIpc) is 2.16. The first-order valence-electron chi connectivity index (χ1n) is 4.87. The van der Waals surface area contributed by atoms with Gasteiger partial charge in [-0.25, -0.2) is 8.42 Å². The largest absolute Gasteiger partial charge is 0.378 e. The molecule has 1 rings (SSSR count). The Balaban J connectivity index is 3.18. The van der Waals surface area contributed by atoms with Crippen molar-refractivity contribution in [3.63, 3.8) is 0 Å². The molecule has 5 heteroatoms. The molecule has 0 fully saturated rings. The van der Waals surface area contributed by atoms with E-state index < -0.39 is 14.0 Å². The minimum atomic E-state index is -3.47. The first-order chi connectivity index (χ1) is 7.16. The van der Waals surface area contributed by atoms with Gasteiger partial charge in [-0.05, 0) is 38.1 Å². The lowest BCUT2D eigenvalue weighted by atomic mass is 10.3. The first kappa shape index (κ1) is 13.3. The number of alkyl halides is 1. The van der Waals surface area contributed by atoms with Gasteiger partial charge in [-0.1, -0.05) is 0 Å². The zero-order valence-electron chi connectivity index (χ0n) is 9.86. The van der Waals surface area contributed by atoms with Crippen molar-refractivity contribution in [1.82, 2.24) is 0 Å². The Morgan fingerprint density at radius 2 is 1.56 bits per heavy atom. The molecule has 0 saturated carbocycles. The molecule has 0 bridgehead atoms. The molecule has 0 N–H and O–H groups in total. The third-order valence-electron chi connectivity index (χ3n) is 2.30. The van der Waals surface area contributed by atoms with Crippen LogP contribution in [-0.4, -0.2) is 26.7 Å². The van der Waals surface area contributed by atoms with Crippen molar-refractivity contribution in [1.29, 1.82) is 0 Å². The quantitative estimate of drug-likeness (QED) is 0.785. The van der Waals surface area contributed by atoms with Crippen LogP contribution in [-0.2, 0) is 9.84 Å². The van der Waals surface area contributed by atoms with Crippen molar-refractivity contribution in [3.8, 4) is 0 Å². The fourth-order valence-corrected chi connectivity index (χ4v) is 2.53. The Labute approximate surface area is 102 Å². The number of hydrogen-bond donors (Lipinski definition) is 0. The summed E-state index contributed by atoms with van der Waals surface area (Å²) in [7, 11) is 0.324. The number of sulfone groups is 1. The Morgan fingerprint density at radius 1 is 1.12 bits per heavy atom. The van der Waals surface area contributed by atoms with Crippen LogP contribution in [0.25, 0.3) is 0 Å². The van der Waals surface area contributed by atoms with E-state index in [0.717, 1.165) is 5.69 Å². The van der Waals surface area contributed by atoms with E-state index in [1.54, 1.807) is 24.3 Å². The van der Waals surface area contributed by atoms with Crippen LogP contribution >= 0.6 is 11.6 Å². The van der Waals surface area contributed by atoms with Crippen LogP contribution in [0.5, 0.6) is 0 Å². The van der Waals surface area contributed by atoms with Crippen LogP contribution < -0.4 is 4.90 Å². The molecule has 0 aliphatic carbocycles. The van der Waals surface area contributed by atoms with E-state index in [2.05, 4.69) is 0 Å². The highest BCUT2D eigenvalue weighted by Gasteiger charge is 2.33. The fourth-order valence-electron chi connectivity index (χ4n) is 1.20. The number of benzene rings is 1. The Morgan fingerprint density at radius 3 is 1.88 bits per heavy atom. The lowest BCUT2D eigenvalue weighted by Gasteiger charge is -2.18. The number of nitrogens with zero attached hydrogens (tertiary/aromatic N) is 1.